The molecule has 2 unspecified atom stereocenters. The largest absolute Gasteiger partial charge is 0.414 e. The van der Waals surface area contributed by atoms with Crippen LogP contribution in [0, 0.1) is 5.41 Å². The van der Waals surface area contributed by atoms with Crippen LogP contribution in [0.3, 0.4) is 0 Å². The smallest absolute Gasteiger partial charge is 0.384 e. The van der Waals surface area contributed by atoms with E-state index in [4.69, 9.17) is 27.5 Å². The summed E-state index contributed by atoms with van der Waals surface area (Å²) in [5, 5.41) is 7.54. The van der Waals surface area contributed by atoms with E-state index in [-0.39, 0.29) is 5.84 Å². The normalized spacial score (nSPS) is 23.0. The van der Waals surface area contributed by atoms with Crippen LogP contribution in [0.5, 0.6) is 0 Å². The second-order valence-electron chi connectivity index (χ2n) is 9.26. The van der Waals surface area contributed by atoms with Crippen molar-refractivity contribution in [1.82, 2.24) is 9.21 Å². The summed E-state index contributed by atoms with van der Waals surface area (Å²) in [6, 6.07) is 6.47. The van der Waals surface area contributed by atoms with Crippen LogP contribution < -0.4 is 5.73 Å². The summed E-state index contributed by atoms with van der Waals surface area (Å²) in [6.45, 7) is 1.66. The molecule has 1 heterocycles. The van der Waals surface area contributed by atoms with Crippen molar-refractivity contribution >= 4 is 39.8 Å². The molecule has 0 saturated carbocycles. The molecule has 0 bridgehead atoms. The monoisotopic (exact) mass is 590 g/mol. The van der Waals surface area contributed by atoms with Gasteiger partial charge in [-0.25, -0.2) is 4.31 Å². The molecule has 0 amide bonds. The predicted molar refractivity (Wildman–Crippen MR) is 141 cm³/mol. The van der Waals surface area contributed by atoms with E-state index in [1.54, 1.807) is 24.3 Å². The van der Waals surface area contributed by atoms with E-state index < -0.39 is 51.8 Å². The lowest BCUT2D eigenvalue weighted by Gasteiger charge is -2.40. The molecule has 2 aliphatic rings. The number of nitrogens with zero attached hydrogens (tertiary/aromatic N) is 2. The van der Waals surface area contributed by atoms with Gasteiger partial charge in [-0.05, 0) is 43.7 Å². The zero-order valence-corrected chi connectivity index (χ0v) is 22.9. The second-order valence-corrected chi connectivity index (χ2v) is 11.3. The number of carbonyl (C=O) groups excluding carboxylic acids is 1. The summed E-state index contributed by atoms with van der Waals surface area (Å²) in [6.07, 6.45) is -0.420. The number of nitrogens with two attached hydrogens (primary N) is 1. The molecular weight excluding hydrogens is 561 g/mol. The number of hydrogen-bond acceptors (Lipinski definition) is 7. The molecule has 0 aromatic heterocycles. The number of carbonyl (C=O) groups is 1. The number of amidine groups is 1. The van der Waals surface area contributed by atoms with E-state index in [2.05, 4.69) is 4.18 Å². The van der Waals surface area contributed by atoms with Crippen molar-refractivity contribution in [1.29, 1.82) is 5.41 Å². The molecule has 1 saturated heterocycles. The van der Waals surface area contributed by atoms with Crippen LogP contribution in [0.4, 0.5) is 13.2 Å². The summed E-state index contributed by atoms with van der Waals surface area (Å²) in [5.74, 6) is -1.35. The molecule has 1 aliphatic carbocycles. The number of nitrogens with one attached hydrogen (secondary N) is 1. The van der Waals surface area contributed by atoms with Crippen molar-refractivity contribution in [2.24, 2.45) is 5.73 Å². The number of likely N-dealkylation sites (tertiary alicyclic amines) is 1. The molecule has 1 aromatic rings. The third-order valence-electron chi connectivity index (χ3n) is 6.21. The van der Waals surface area contributed by atoms with Crippen molar-refractivity contribution in [3.8, 4) is 0 Å². The number of rotatable bonds is 9. The highest BCUT2D eigenvalue weighted by Crippen LogP contribution is 2.46. The molecule has 3 N–H and O–H groups in total. The fraction of sp³-hybridized carbons (Fsp3) is 0.440. The van der Waals surface area contributed by atoms with Gasteiger partial charge in [0.05, 0.1) is 18.3 Å². The number of ether oxygens (including phenoxy) is 1. The average Bonchev–Trinajstić information content (AvgIpc) is 2.83. The van der Waals surface area contributed by atoms with Crippen molar-refractivity contribution in [3.05, 3.63) is 65.4 Å². The molecule has 39 heavy (non-hydrogen) atoms. The minimum atomic E-state index is -5.01. The van der Waals surface area contributed by atoms with Crippen LogP contribution in [0.15, 0.2) is 54.3 Å². The van der Waals surface area contributed by atoms with Gasteiger partial charge in [-0.2, -0.15) is 21.6 Å². The van der Waals surface area contributed by atoms with Gasteiger partial charge in [-0.3, -0.25) is 10.2 Å². The van der Waals surface area contributed by atoms with E-state index in [0.717, 1.165) is 19.1 Å². The highest BCUT2D eigenvalue weighted by Gasteiger charge is 2.59. The molecule has 0 spiro atoms. The number of halogens is 4. The maximum atomic E-state index is 14.3. The zero-order valence-electron chi connectivity index (χ0n) is 21.3. The first-order valence-electron chi connectivity index (χ1n) is 12.0. The molecular formula is C25H30ClF3N4O5S. The third kappa shape index (κ3) is 7.62. The summed E-state index contributed by atoms with van der Waals surface area (Å²) in [5.41, 5.74) is 6.01. The van der Waals surface area contributed by atoms with Gasteiger partial charge in [0.1, 0.15) is 11.9 Å². The Labute approximate surface area is 230 Å². The standard InChI is InChI=1S/C25H30ClF3N4O5S/c1-17(34)38-39(35,36)33(12-4-6-18-5-3-7-19(15-18)23(30)31)20-8-9-22(24(26,16-20)25(27,28)29)37-21-10-13-32(2)14-11-21/h3-9,15-16,21-22H,10-14H2,1-2H3,(H3,30,31)/b6-4+. The lowest BCUT2D eigenvalue weighted by Crippen LogP contribution is -2.52. The van der Waals surface area contributed by atoms with Gasteiger partial charge < -0.3 is 19.6 Å². The number of nitrogen functional groups attached to an aromatic ring is 1. The van der Waals surface area contributed by atoms with Crippen LogP contribution in [0.1, 0.15) is 30.9 Å². The molecule has 2 atom stereocenters. The fourth-order valence-electron chi connectivity index (χ4n) is 4.16. The maximum Gasteiger partial charge on any atom is 0.414 e. The maximum absolute atomic E-state index is 14.3. The summed E-state index contributed by atoms with van der Waals surface area (Å²) in [7, 11) is -2.95. The molecule has 0 radical (unpaired) electrons. The minimum absolute atomic E-state index is 0.176. The first-order chi connectivity index (χ1) is 18.1. The Balaban J connectivity index is 1.94. The lowest BCUT2D eigenvalue weighted by molar-refractivity contribution is -0.181. The number of piperidine rings is 1. The van der Waals surface area contributed by atoms with Crippen LogP contribution in [-0.4, -0.2) is 79.4 Å². The first kappa shape index (κ1) is 30.7. The van der Waals surface area contributed by atoms with Gasteiger partial charge in [0.2, 0.25) is 0 Å². The highest BCUT2D eigenvalue weighted by atomic mass is 35.5. The minimum Gasteiger partial charge on any atom is -0.384 e. The lowest BCUT2D eigenvalue weighted by atomic mass is 9.93. The van der Waals surface area contributed by atoms with E-state index in [0.29, 0.717) is 47.4 Å². The van der Waals surface area contributed by atoms with Crippen molar-refractivity contribution in [2.75, 3.05) is 26.7 Å². The Morgan fingerprint density at radius 3 is 2.59 bits per heavy atom. The Morgan fingerprint density at radius 1 is 1.33 bits per heavy atom. The number of benzene rings is 1. The number of hydrogen-bond donors (Lipinski definition) is 2. The predicted octanol–water partition coefficient (Wildman–Crippen LogP) is 3.57. The van der Waals surface area contributed by atoms with Crippen molar-refractivity contribution < 1.29 is 35.3 Å². The average molecular weight is 591 g/mol. The molecule has 14 heteroatoms. The number of alkyl halides is 4. The highest BCUT2D eigenvalue weighted by molar-refractivity contribution is 7.84. The fourth-order valence-corrected chi connectivity index (χ4v) is 5.42. The molecule has 1 fully saturated rings. The van der Waals surface area contributed by atoms with Crippen LogP contribution >= 0.6 is 11.6 Å². The quantitative estimate of drug-likeness (QED) is 0.256. The van der Waals surface area contributed by atoms with Gasteiger partial charge in [-0.15, -0.1) is 11.6 Å². The number of allylic oxidation sites excluding steroid dienone is 1. The van der Waals surface area contributed by atoms with E-state index in [1.165, 1.54) is 12.2 Å². The van der Waals surface area contributed by atoms with E-state index in [9.17, 15) is 26.4 Å². The second kappa shape index (κ2) is 12.1. The van der Waals surface area contributed by atoms with Crippen LogP contribution in [-0.2, 0) is 24.0 Å². The topological polar surface area (TPSA) is 126 Å². The van der Waals surface area contributed by atoms with Gasteiger partial charge in [0.25, 0.3) is 0 Å². The Morgan fingerprint density at radius 2 is 2.00 bits per heavy atom. The van der Waals surface area contributed by atoms with Crippen LogP contribution in [0.25, 0.3) is 6.08 Å². The van der Waals surface area contributed by atoms with Crippen LogP contribution in [0.2, 0.25) is 0 Å². The molecule has 1 aromatic carbocycles. The van der Waals surface area contributed by atoms with Gasteiger partial charge in [0, 0.05) is 25.6 Å². The molecule has 214 valence electrons. The Hall–Kier alpha value is -2.87. The summed E-state index contributed by atoms with van der Waals surface area (Å²) >= 11 is 6.17. The van der Waals surface area contributed by atoms with E-state index >= 15 is 0 Å². The summed E-state index contributed by atoms with van der Waals surface area (Å²) < 4.78 is 79.5. The zero-order chi connectivity index (χ0) is 29.0. The molecule has 9 nitrogen and oxygen atoms in total. The Kier molecular flexibility index (Phi) is 9.52. The van der Waals surface area contributed by atoms with Gasteiger partial charge in [0.15, 0.2) is 4.87 Å². The molecule has 1 aliphatic heterocycles. The SMILES string of the molecule is CC(=O)OS(=O)(=O)N(C/C=C/c1cccc(C(=N)N)c1)C1=CC(Cl)(C(F)(F)F)C(OC2CCN(C)CC2)C=C1. The van der Waals surface area contributed by atoms with Gasteiger partial charge >= 0.3 is 22.4 Å². The summed E-state index contributed by atoms with van der Waals surface area (Å²) in [4.78, 5) is 10.4. The van der Waals surface area contributed by atoms with Gasteiger partial charge in [-0.1, -0.05) is 36.4 Å². The van der Waals surface area contributed by atoms with Crippen molar-refractivity contribution in [3.63, 3.8) is 0 Å². The molecule has 3 rings (SSSR count). The Bertz CT molecular complexity index is 1280. The first-order valence-corrected chi connectivity index (χ1v) is 13.7. The van der Waals surface area contributed by atoms with Crippen molar-refractivity contribution in [2.45, 2.75) is 43.0 Å². The third-order valence-corrected chi connectivity index (χ3v) is 8.10. The van der Waals surface area contributed by atoms with E-state index in [1.807, 2.05) is 11.9 Å².